The standard InChI is InChI=1S/C30H29F2N3O3/c1-2-28-27(20-34(19-26-12-7-17-37-26)29(36)21-8-6-9-23(32)18-21)30(38-25-10-4-3-5-11-25)35(33-28)24-15-13-22(31)14-16-24/h3-6,8-11,13-16,18,26H,2,7,12,17,19-20H2,1H3/t26-/m0/s1. The topological polar surface area (TPSA) is 56.6 Å². The molecule has 6 nitrogen and oxygen atoms in total. The van der Waals surface area contributed by atoms with Crippen molar-refractivity contribution in [2.75, 3.05) is 13.2 Å². The number of benzene rings is 3. The number of aryl methyl sites for hydroxylation is 1. The summed E-state index contributed by atoms with van der Waals surface area (Å²) in [6.07, 6.45) is 2.24. The van der Waals surface area contributed by atoms with Crippen molar-refractivity contribution in [2.24, 2.45) is 0 Å². The molecule has 0 radical (unpaired) electrons. The molecule has 0 aliphatic carbocycles. The number of halogens is 2. The summed E-state index contributed by atoms with van der Waals surface area (Å²) in [5, 5.41) is 4.80. The molecule has 8 heteroatoms. The second-order valence-electron chi connectivity index (χ2n) is 9.22. The molecule has 1 aliphatic heterocycles. The third-order valence-corrected chi connectivity index (χ3v) is 6.54. The fraction of sp³-hybridized carbons (Fsp3) is 0.267. The van der Waals surface area contributed by atoms with Gasteiger partial charge in [0.25, 0.3) is 5.91 Å². The molecule has 196 valence electrons. The molecule has 2 heterocycles. The average molecular weight is 518 g/mol. The second-order valence-corrected chi connectivity index (χ2v) is 9.22. The van der Waals surface area contributed by atoms with Crippen molar-refractivity contribution < 1.29 is 23.0 Å². The number of amides is 1. The summed E-state index contributed by atoms with van der Waals surface area (Å²) in [7, 11) is 0. The maximum absolute atomic E-state index is 14.0. The SMILES string of the molecule is CCc1nn(-c2ccc(F)cc2)c(Oc2ccccc2)c1CN(C[C@@H]1CCCO1)C(=O)c1cccc(F)c1. The fourth-order valence-electron chi connectivity index (χ4n) is 4.63. The Hall–Kier alpha value is -4.04. The van der Waals surface area contributed by atoms with Crippen LogP contribution in [-0.2, 0) is 17.7 Å². The molecule has 1 amide bonds. The zero-order valence-corrected chi connectivity index (χ0v) is 21.1. The number of hydrogen-bond acceptors (Lipinski definition) is 4. The summed E-state index contributed by atoms with van der Waals surface area (Å²) in [5.74, 6) is -0.0988. The molecular formula is C30H29F2N3O3. The predicted molar refractivity (Wildman–Crippen MR) is 140 cm³/mol. The van der Waals surface area contributed by atoms with Crippen LogP contribution >= 0.6 is 0 Å². The summed E-state index contributed by atoms with van der Waals surface area (Å²) in [6.45, 7) is 3.16. The van der Waals surface area contributed by atoms with Gasteiger partial charge < -0.3 is 14.4 Å². The zero-order valence-electron chi connectivity index (χ0n) is 21.1. The van der Waals surface area contributed by atoms with E-state index >= 15 is 0 Å². The Morgan fingerprint density at radius 3 is 2.53 bits per heavy atom. The van der Waals surface area contributed by atoms with Crippen LogP contribution in [0.3, 0.4) is 0 Å². The van der Waals surface area contributed by atoms with Gasteiger partial charge in [0.2, 0.25) is 5.88 Å². The Bertz CT molecular complexity index is 1380. The Kier molecular flexibility index (Phi) is 7.79. The monoisotopic (exact) mass is 517 g/mol. The summed E-state index contributed by atoms with van der Waals surface area (Å²) < 4.78 is 41.6. The van der Waals surface area contributed by atoms with Gasteiger partial charge in [-0.3, -0.25) is 4.79 Å². The van der Waals surface area contributed by atoms with Crippen molar-refractivity contribution in [3.05, 3.63) is 107 Å². The Labute approximate surface area is 220 Å². The molecule has 38 heavy (non-hydrogen) atoms. The zero-order chi connectivity index (χ0) is 26.5. The molecule has 1 fully saturated rings. The van der Waals surface area contributed by atoms with Crippen LogP contribution in [0.25, 0.3) is 5.69 Å². The summed E-state index contributed by atoms with van der Waals surface area (Å²) in [6, 6.07) is 21.0. The van der Waals surface area contributed by atoms with Crippen LogP contribution in [0.2, 0.25) is 0 Å². The first-order chi connectivity index (χ1) is 18.5. The molecule has 0 spiro atoms. The van der Waals surface area contributed by atoms with E-state index in [-0.39, 0.29) is 29.9 Å². The second kappa shape index (κ2) is 11.6. The lowest BCUT2D eigenvalue weighted by molar-refractivity contribution is 0.0505. The van der Waals surface area contributed by atoms with E-state index in [2.05, 4.69) is 0 Å². The minimum atomic E-state index is -0.473. The van der Waals surface area contributed by atoms with Crippen molar-refractivity contribution in [2.45, 2.75) is 38.8 Å². The van der Waals surface area contributed by atoms with Crippen LogP contribution in [-0.4, -0.2) is 39.8 Å². The van der Waals surface area contributed by atoms with Crippen LogP contribution in [0.15, 0.2) is 78.9 Å². The minimum Gasteiger partial charge on any atom is -0.439 e. The van der Waals surface area contributed by atoms with Crippen molar-refractivity contribution in [3.8, 4) is 17.3 Å². The molecule has 1 aromatic heterocycles. The molecule has 4 aromatic rings. The quantitative estimate of drug-likeness (QED) is 0.261. The normalized spacial score (nSPS) is 15.0. The number of aromatic nitrogens is 2. The molecular weight excluding hydrogens is 488 g/mol. The number of ether oxygens (including phenoxy) is 2. The maximum atomic E-state index is 14.0. The highest BCUT2D eigenvalue weighted by Gasteiger charge is 2.28. The summed E-state index contributed by atoms with van der Waals surface area (Å²) >= 11 is 0. The Morgan fingerprint density at radius 2 is 1.84 bits per heavy atom. The van der Waals surface area contributed by atoms with E-state index in [4.69, 9.17) is 14.6 Å². The number of rotatable bonds is 9. The Morgan fingerprint density at radius 1 is 1.05 bits per heavy atom. The molecule has 1 aliphatic rings. The maximum Gasteiger partial charge on any atom is 0.254 e. The van der Waals surface area contributed by atoms with Gasteiger partial charge in [-0.25, -0.2) is 13.5 Å². The van der Waals surface area contributed by atoms with Gasteiger partial charge in [0.1, 0.15) is 17.4 Å². The van der Waals surface area contributed by atoms with Crippen LogP contribution in [0.5, 0.6) is 11.6 Å². The molecule has 0 N–H and O–H groups in total. The number of hydrogen-bond donors (Lipinski definition) is 0. The fourth-order valence-corrected chi connectivity index (χ4v) is 4.63. The van der Waals surface area contributed by atoms with E-state index in [0.29, 0.717) is 36.9 Å². The molecule has 1 saturated heterocycles. The highest BCUT2D eigenvalue weighted by Crippen LogP contribution is 2.33. The van der Waals surface area contributed by atoms with Gasteiger partial charge in [-0.05, 0) is 73.9 Å². The first kappa shape index (κ1) is 25.6. The van der Waals surface area contributed by atoms with Crippen LogP contribution < -0.4 is 4.74 Å². The molecule has 0 saturated carbocycles. The van der Waals surface area contributed by atoms with Crippen LogP contribution in [0, 0.1) is 11.6 Å². The van der Waals surface area contributed by atoms with E-state index in [1.807, 2.05) is 37.3 Å². The number of para-hydroxylation sites is 1. The first-order valence-corrected chi connectivity index (χ1v) is 12.8. The summed E-state index contributed by atoms with van der Waals surface area (Å²) in [5.41, 5.74) is 2.35. The highest BCUT2D eigenvalue weighted by atomic mass is 19.1. The smallest absolute Gasteiger partial charge is 0.254 e. The lowest BCUT2D eigenvalue weighted by Gasteiger charge is -2.26. The average Bonchev–Trinajstić information content (AvgIpc) is 3.57. The van der Waals surface area contributed by atoms with E-state index < -0.39 is 5.82 Å². The van der Waals surface area contributed by atoms with Gasteiger partial charge in [0, 0.05) is 18.7 Å². The van der Waals surface area contributed by atoms with Crippen molar-refractivity contribution in [3.63, 3.8) is 0 Å². The van der Waals surface area contributed by atoms with E-state index in [1.165, 1.54) is 30.3 Å². The third kappa shape index (κ3) is 5.75. The van der Waals surface area contributed by atoms with Crippen molar-refractivity contribution >= 4 is 5.91 Å². The highest BCUT2D eigenvalue weighted by molar-refractivity contribution is 5.94. The van der Waals surface area contributed by atoms with E-state index in [1.54, 1.807) is 27.8 Å². The van der Waals surface area contributed by atoms with Gasteiger partial charge >= 0.3 is 0 Å². The predicted octanol–water partition coefficient (Wildman–Crippen LogP) is 6.33. The number of nitrogens with zero attached hydrogens (tertiary/aromatic N) is 3. The van der Waals surface area contributed by atoms with Crippen LogP contribution in [0.4, 0.5) is 8.78 Å². The van der Waals surface area contributed by atoms with Crippen LogP contribution in [0.1, 0.15) is 41.4 Å². The molecule has 0 unspecified atom stereocenters. The van der Waals surface area contributed by atoms with E-state index in [0.717, 1.165) is 24.1 Å². The molecule has 3 aromatic carbocycles. The van der Waals surface area contributed by atoms with Gasteiger partial charge in [-0.15, -0.1) is 0 Å². The first-order valence-electron chi connectivity index (χ1n) is 12.8. The molecule has 0 bridgehead atoms. The largest absolute Gasteiger partial charge is 0.439 e. The number of carbonyl (C=O) groups excluding carboxylic acids is 1. The Balaban J connectivity index is 1.58. The van der Waals surface area contributed by atoms with Gasteiger partial charge in [0.15, 0.2) is 0 Å². The van der Waals surface area contributed by atoms with Crippen molar-refractivity contribution in [1.82, 2.24) is 14.7 Å². The minimum absolute atomic E-state index is 0.108. The molecule has 5 rings (SSSR count). The summed E-state index contributed by atoms with van der Waals surface area (Å²) in [4.78, 5) is 15.3. The number of carbonyl (C=O) groups is 1. The van der Waals surface area contributed by atoms with Gasteiger partial charge in [0.05, 0.1) is 29.6 Å². The van der Waals surface area contributed by atoms with Gasteiger partial charge in [-0.2, -0.15) is 5.10 Å². The lowest BCUT2D eigenvalue weighted by atomic mass is 10.1. The molecule has 1 atom stereocenters. The van der Waals surface area contributed by atoms with E-state index in [9.17, 15) is 13.6 Å². The lowest BCUT2D eigenvalue weighted by Crippen LogP contribution is -2.37. The van der Waals surface area contributed by atoms with Gasteiger partial charge in [-0.1, -0.05) is 31.2 Å². The van der Waals surface area contributed by atoms with Crippen molar-refractivity contribution in [1.29, 1.82) is 0 Å². The third-order valence-electron chi connectivity index (χ3n) is 6.54.